The number of ether oxygens (including phenoxy) is 1. The highest BCUT2D eigenvalue weighted by molar-refractivity contribution is 5.70. The van der Waals surface area contributed by atoms with Crippen LogP contribution in [0.3, 0.4) is 0 Å². The van der Waals surface area contributed by atoms with Gasteiger partial charge in [0.15, 0.2) is 0 Å². The van der Waals surface area contributed by atoms with Gasteiger partial charge in [0.1, 0.15) is 24.3 Å². The van der Waals surface area contributed by atoms with E-state index in [0.29, 0.717) is 6.54 Å². The molecule has 0 unspecified atom stereocenters. The molecule has 1 N–H and O–H groups in total. The summed E-state index contributed by atoms with van der Waals surface area (Å²) in [5.74, 6) is 0.568. The number of para-hydroxylation sites is 1. The van der Waals surface area contributed by atoms with Crippen molar-refractivity contribution in [2.45, 2.75) is 6.10 Å². The molecular formula is C25H27FN2O2. The van der Waals surface area contributed by atoms with E-state index < -0.39 is 6.10 Å². The van der Waals surface area contributed by atoms with Gasteiger partial charge in [-0.1, -0.05) is 48.5 Å². The molecule has 4 nitrogen and oxygen atoms in total. The van der Waals surface area contributed by atoms with Crippen molar-refractivity contribution in [3.63, 3.8) is 0 Å². The Morgan fingerprint density at radius 3 is 2.23 bits per heavy atom. The molecule has 1 aliphatic rings. The Balaban J connectivity index is 1.27. The van der Waals surface area contributed by atoms with E-state index in [9.17, 15) is 9.50 Å². The van der Waals surface area contributed by atoms with Crippen molar-refractivity contribution >= 4 is 5.69 Å². The zero-order valence-electron chi connectivity index (χ0n) is 17.0. The van der Waals surface area contributed by atoms with Crippen molar-refractivity contribution in [3.05, 3.63) is 84.7 Å². The molecule has 1 fully saturated rings. The van der Waals surface area contributed by atoms with Gasteiger partial charge in [0.2, 0.25) is 0 Å². The summed E-state index contributed by atoms with van der Waals surface area (Å²) >= 11 is 0. The van der Waals surface area contributed by atoms with Gasteiger partial charge in [0.25, 0.3) is 0 Å². The molecule has 0 radical (unpaired) electrons. The lowest BCUT2D eigenvalue weighted by Gasteiger charge is -2.36. The van der Waals surface area contributed by atoms with Crippen LogP contribution in [0, 0.1) is 5.82 Å². The minimum Gasteiger partial charge on any atom is -0.490 e. The Morgan fingerprint density at radius 2 is 1.50 bits per heavy atom. The monoisotopic (exact) mass is 406 g/mol. The first-order valence-electron chi connectivity index (χ1n) is 10.4. The Hall–Kier alpha value is -2.89. The number of aliphatic hydroxyl groups excluding tert-OH is 1. The zero-order valence-corrected chi connectivity index (χ0v) is 17.0. The molecule has 0 bridgehead atoms. The fourth-order valence-electron chi connectivity index (χ4n) is 3.83. The highest BCUT2D eigenvalue weighted by Gasteiger charge is 2.20. The first kappa shape index (κ1) is 20.4. The Labute approximate surface area is 177 Å². The van der Waals surface area contributed by atoms with Crippen molar-refractivity contribution in [3.8, 4) is 16.9 Å². The van der Waals surface area contributed by atoms with Gasteiger partial charge < -0.3 is 14.7 Å². The van der Waals surface area contributed by atoms with E-state index in [4.69, 9.17) is 4.74 Å². The van der Waals surface area contributed by atoms with Crippen LogP contribution in [0.1, 0.15) is 0 Å². The number of halogens is 1. The van der Waals surface area contributed by atoms with Crippen LogP contribution in [0.4, 0.5) is 10.1 Å². The smallest absolute Gasteiger partial charge is 0.127 e. The van der Waals surface area contributed by atoms with E-state index in [1.807, 2.05) is 54.6 Å². The van der Waals surface area contributed by atoms with Crippen molar-refractivity contribution < 1.29 is 14.2 Å². The molecule has 0 aromatic heterocycles. The third-order valence-corrected chi connectivity index (χ3v) is 5.44. The minimum absolute atomic E-state index is 0.214. The number of aliphatic hydroxyl groups is 1. The lowest BCUT2D eigenvalue weighted by molar-refractivity contribution is 0.0665. The summed E-state index contributed by atoms with van der Waals surface area (Å²) in [5, 5.41) is 10.5. The minimum atomic E-state index is -0.564. The van der Waals surface area contributed by atoms with Crippen LogP contribution in [-0.2, 0) is 0 Å². The number of nitrogens with zero attached hydrogens (tertiary/aromatic N) is 2. The van der Waals surface area contributed by atoms with Crippen LogP contribution in [0.15, 0.2) is 78.9 Å². The van der Waals surface area contributed by atoms with Gasteiger partial charge in [-0.05, 0) is 35.9 Å². The number of piperazine rings is 1. The quantitative estimate of drug-likeness (QED) is 0.642. The molecule has 0 amide bonds. The third-order valence-electron chi connectivity index (χ3n) is 5.44. The second-order valence-electron chi connectivity index (χ2n) is 7.59. The molecule has 3 aromatic carbocycles. The summed E-state index contributed by atoms with van der Waals surface area (Å²) in [7, 11) is 0. The lowest BCUT2D eigenvalue weighted by atomic mass is 10.1. The molecule has 1 saturated heterocycles. The molecule has 1 atom stereocenters. The zero-order chi connectivity index (χ0) is 20.8. The second kappa shape index (κ2) is 9.74. The predicted molar refractivity (Wildman–Crippen MR) is 118 cm³/mol. The molecule has 1 heterocycles. The van der Waals surface area contributed by atoms with Gasteiger partial charge in [-0.15, -0.1) is 0 Å². The molecule has 0 saturated carbocycles. The maximum atomic E-state index is 13.1. The van der Waals surface area contributed by atoms with Crippen LogP contribution in [-0.4, -0.2) is 55.4 Å². The standard InChI is InChI=1S/C25H27FN2O2/c26-21-10-12-22(13-11-21)28-16-14-27(15-17-28)18-23(29)19-30-25-9-5-4-8-24(25)20-6-2-1-3-7-20/h1-13,23,29H,14-19H2/t23-/m1/s1. The van der Waals surface area contributed by atoms with Gasteiger partial charge in [0.05, 0.1) is 0 Å². The molecule has 0 spiro atoms. The largest absolute Gasteiger partial charge is 0.490 e. The summed E-state index contributed by atoms with van der Waals surface area (Å²) in [6.07, 6.45) is -0.564. The Morgan fingerprint density at radius 1 is 0.833 bits per heavy atom. The molecule has 0 aliphatic carbocycles. The number of anilines is 1. The lowest BCUT2D eigenvalue weighted by Crippen LogP contribution is -2.49. The Kier molecular flexibility index (Phi) is 6.62. The van der Waals surface area contributed by atoms with Crippen LogP contribution in [0.5, 0.6) is 5.75 Å². The molecule has 3 aromatic rings. The van der Waals surface area contributed by atoms with Crippen LogP contribution in [0.2, 0.25) is 0 Å². The fraction of sp³-hybridized carbons (Fsp3) is 0.280. The highest BCUT2D eigenvalue weighted by Crippen LogP contribution is 2.29. The van der Waals surface area contributed by atoms with Gasteiger partial charge in [-0.25, -0.2) is 4.39 Å². The number of β-amino-alcohol motifs (C(OH)–C–C–N with tert-alkyl or cyclic N) is 1. The van der Waals surface area contributed by atoms with E-state index in [1.54, 1.807) is 0 Å². The fourth-order valence-corrected chi connectivity index (χ4v) is 3.83. The van der Waals surface area contributed by atoms with E-state index in [1.165, 1.54) is 12.1 Å². The third kappa shape index (κ3) is 5.17. The molecular weight excluding hydrogens is 379 g/mol. The molecule has 156 valence electrons. The Bertz CT molecular complexity index is 925. The van der Waals surface area contributed by atoms with E-state index in [2.05, 4.69) is 21.9 Å². The van der Waals surface area contributed by atoms with Crippen molar-refractivity contribution in [1.82, 2.24) is 4.90 Å². The molecule has 30 heavy (non-hydrogen) atoms. The predicted octanol–water partition coefficient (Wildman–Crippen LogP) is 4.05. The first-order chi connectivity index (χ1) is 14.7. The molecule has 1 aliphatic heterocycles. The van der Waals surface area contributed by atoms with Crippen LogP contribution < -0.4 is 9.64 Å². The summed E-state index contributed by atoms with van der Waals surface area (Å²) in [6.45, 7) is 4.25. The maximum Gasteiger partial charge on any atom is 0.127 e. The van der Waals surface area contributed by atoms with Crippen molar-refractivity contribution in [2.24, 2.45) is 0 Å². The summed E-state index contributed by atoms with van der Waals surface area (Å²) < 4.78 is 19.1. The van der Waals surface area contributed by atoms with E-state index in [-0.39, 0.29) is 12.4 Å². The van der Waals surface area contributed by atoms with Gasteiger partial charge in [-0.2, -0.15) is 0 Å². The number of hydrogen-bond acceptors (Lipinski definition) is 4. The van der Waals surface area contributed by atoms with Gasteiger partial charge in [-0.3, -0.25) is 4.90 Å². The number of hydrogen-bond donors (Lipinski definition) is 1. The average Bonchev–Trinajstić information content (AvgIpc) is 2.80. The number of rotatable bonds is 7. The van der Waals surface area contributed by atoms with Crippen molar-refractivity contribution in [2.75, 3.05) is 44.2 Å². The summed E-state index contributed by atoms with van der Waals surface area (Å²) in [5.41, 5.74) is 3.16. The normalized spacial score (nSPS) is 15.7. The first-order valence-corrected chi connectivity index (χ1v) is 10.4. The maximum absolute atomic E-state index is 13.1. The van der Waals surface area contributed by atoms with Gasteiger partial charge in [0, 0.05) is 44.0 Å². The summed E-state index contributed by atoms with van der Waals surface area (Å²) in [6, 6.07) is 24.7. The van der Waals surface area contributed by atoms with E-state index >= 15 is 0 Å². The molecule has 5 heteroatoms. The highest BCUT2D eigenvalue weighted by atomic mass is 19.1. The molecule has 4 rings (SSSR count). The summed E-state index contributed by atoms with van der Waals surface area (Å²) in [4.78, 5) is 4.49. The van der Waals surface area contributed by atoms with E-state index in [0.717, 1.165) is 48.7 Å². The second-order valence-corrected chi connectivity index (χ2v) is 7.59. The topological polar surface area (TPSA) is 35.9 Å². The van der Waals surface area contributed by atoms with Gasteiger partial charge >= 0.3 is 0 Å². The van der Waals surface area contributed by atoms with Crippen LogP contribution >= 0.6 is 0 Å². The average molecular weight is 407 g/mol. The number of benzene rings is 3. The van der Waals surface area contributed by atoms with Crippen molar-refractivity contribution in [1.29, 1.82) is 0 Å². The SMILES string of the molecule is O[C@@H](COc1ccccc1-c1ccccc1)CN1CCN(c2ccc(F)cc2)CC1. The van der Waals surface area contributed by atoms with Crippen LogP contribution in [0.25, 0.3) is 11.1 Å².